The largest absolute Gasteiger partial charge is 0.371 e. The number of amides is 2. The van der Waals surface area contributed by atoms with E-state index in [0.717, 1.165) is 64.1 Å². The molecule has 2 saturated heterocycles. The van der Waals surface area contributed by atoms with Crippen LogP contribution in [-0.4, -0.2) is 49.7 Å². The number of hydrogen-bond acceptors (Lipinski definition) is 3. The highest BCUT2D eigenvalue weighted by Gasteiger charge is 2.24. The van der Waals surface area contributed by atoms with E-state index in [1.165, 1.54) is 17.8 Å². The van der Waals surface area contributed by atoms with Crippen LogP contribution in [0.2, 0.25) is 0 Å². The third-order valence-corrected chi connectivity index (χ3v) is 6.20. The van der Waals surface area contributed by atoms with Crippen molar-refractivity contribution in [1.82, 2.24) is 15.5 Å². The average Bonchev–Trinajstić information content (AvgIpc) is 3.25. The Bertz CT molecular complexity index is 806. The lowest BCUT2D eigenvalue weighted by Crippen LogP contribution is -2.48. The Balaban J connectivity index is 1.13. The molecule has 0 saturated carbocycles. The molecule has 0 aliphatic carbocycles. The number of para-hydroxylation sites is 1. The molecule has 0 bridgehead atoms. The molecule has 30 heavy (non-hydrogen) atoms. The molecular weight excluding hydrogens is 379 g/mol. The summed E-state index contributed by atoms with van der Waals surface area (Å²) in [5.41, 5.74) is 2.39. The lowest BCUT2D eigenvalue weighted by atomic mass is 10.0. The zero-order valence-electron chi connectivity index (χ0n) is 17.4. The molecule has 160 valence electrons. The predicted octanol–water partition coefficient (Wildman–Crippen LogP) is 3.62. The first kappa shape index (κ1) is 20.7. The summed E-state index contributed by atoms with van der Waals surface area (Å²) in [6.45, 7) is 5.47. The Morgan fingerprint density at radius 3 is 2.43 bits per heavy atom. The van der Waals surface area contributed by atoms with Gasteiger partial charge < -0.3 is 15.5 Å². The van der Waals surface area contributed by atoms with Crippen molar-refractivity contribution in [2.45, 2.75) is 31.8 Å². The molecule has 0 spiro atoms. The quantitative estimate of drug-likeness (QED) is 0.765. The second-order valence-corrected chi connectivity index (χ2v) is 8.47. The third-order valence-electron chi connectivity index (χ3n) is 6.20. The van der Waals surface area contributed by atoms with Crippen molar-refractivity contribution < 1.29 is 9.18 Å². The number of anilines is 1. The summed E-state index contributed by atoms with van der Waals surface area (Å²) in [7, 11) is 0. The maximum atomic E-state index is 13.0. The fourth-order valence-corrected chi connectivity index (χ4v) is 4.43. The van der Waals surface area contributed by atoms with E-state index in [9.17, 15) is 9.18 Å². The van der Waals surface area contributed by atoms with Gasteiger partial charge in [-0.1, -0.05) is 30.3 Å². The minimum Gasteiger partial charge on any atom is -0.371 e. The summed E-state index contributed by atoms with van der Waals surface area (Å²) in [6.07, 6.45) is 3.00. The summed E-state index contributed by atoms with van der Waals surface area (Å²) in [5, 5.41) is 6.21. The topological polar surface area (TPSA) is 47.6 Å². The normalized spacial score (nSPS) is 20.3. The number of nitrogens with zero attached hydrogens (tertiary/aromatic N) is 2. The highest BCUT2D eigenvalue weighted by molar-refractivity contribution is 5.74. The molecule has 2 aromatic carbocycles. The fraction of sp³-hybridized carbons (Fsp3) is 0.458. The molecule has 2 fully saturated rings. The molecule has 0 aromatic heterocycles. The molecular formula is C24H31FN4O. The van der Waals surface area contributed by atoms with Gasteiger partial charge in [0.05, 0.1) is 0 Å². The van der Waals surface area contributed by atoms with Crippen molar-refractivity contribution in [3.8, 4) is 0 Å². The average molecular weight is 411 g/mol. The van der Waals surface area contributed by atoms with Gasteiger partial charge in [-0.05, 0) is 55.0 Å². The van der Waals surface area contributed by atoms with Gasteiger partial charge in [-0.15, -0.1) is 0 Å². The number of hydrogen-bond donors (Lipinski definition) is 2. The van der Waals surface area contributed by atoms with E-state index in [0.29, 0.717) is 5.92 Å². The van der Waals surface area contributed by atoms with Gasteiger partial charge in [0.25, 0.3) is 0 Å². The van der Waals surface area contributed by atoms with Crippen molar-refractivity contribution in [3.63, 3.8) is 0 Å². The van der Waals surface area contributed by atoms with Crippen LogP contribution < -0.4 is 15.5 Å². The van der Waals surface area contributed by atoms with Crippen LogP contribution in [0.15, 0.2) is 54.6 Å². The van der Waals surface area contributed by atoms with E-state index in [4.69, 9.17) is 0 Å². The molecule has 2 N–H and O–H groups in total. The van der Waals surface area contributed by atoms with Crippen LogP contribution in [0.4, 0.5) is 14.9 Å². The first-order valence-electron chi connectivity index (χ1n) is 11.0. The molecule has 2 heterocycles. The van der Waals surface area contributed by atoms with Gasteiger partial charge in [-0.2, -0.15) is 0 Å². The number of rotatable bonds is 6. The fourth-order valence-electron chi connectivity index (χ4n) is 4.43. The lowest BCUT2D eigenvalue weighted by Gasteiger charge is -2.32. The number of nitrogens with one attached hydrogen (secondary N) is 2. The van der Waals surface area contributed by atoms with Gasteiger partial charge in [-0.25, -0.2) is 9.18 Å². The van der Waals surface area contributed by atoms with Crippen LogP contribution in [-0.2, 0) is 6.54 Å². The van der Waals surface area contributed by atoms with E-state index >= 15 is 0 Å². The molecule has 2 aliphatic heterocycles. The minimum absolute atomic E-state index is 0.0508. The number of carbonyl (C=O) groups is 1. The van der Waals surface area contributed by atoms with Crippen LogP contribution >= 0.6 is 0 Å². The number of urea groups is 1. The second-order valence-electron chi connectivity index (χ2n) is 8.47. The van der Waals surface area contributed by atoms with E-state index < -0.39 is 0 Å². The molecule has 2 amide bonds. The number of carbonyl (C=O) groups excluding carboxylic acids is 1. The second kappa shape index (κ2) is 9.94. The zero-order chi connectivity index (χ0) is 20.8. The van der Waals surface area contributed by atoms with Crippen LogP contribution in [0.1, 0.15) is 24.8 Å². The lowest BCUT2D eigenvalue weighted by molar-refractivity contribution is 0.186. The van der Waals surface area contributed by atoms with E-state index in [1.807, 2.05) is 18.2 Å². The summed E-state index contributed by atoms with van der Waals surface area (Å²) in [4.78, 5) is 17.1. The van der Waals surface area contributed by atoms with Crippen LogP contribution in [0.5, 0.6) is 0 Å². The molecule has 6 heteroatoms. The standard InChI is InChI=1S/C24H31FN4O/c25-21-8-6-19(7-9-21)17-28-13-11-22(12-14-28)27-24(30)26-16-20-10-15-29(18-20)23-4-2-1-3-5-23/h1-9,20,22H,10-18H2,(H2,26,27,30). The number of benzene rings is 2. The molecule has 2 aliphatic rings. The molecule has 0 radical (unpaired) electrons. The van der Waals surface area contributed by atoms with Crippen LogP contribution in [0, 0.1) is 11.7 Å². The Morgan fingerprint density at radius 2 is 1.70 bits per heavy atom. The highest BCUT2D eigenvalue weighted by Crippen LogP contribution is 2.23. The SMILES string of the molecule is O=C(NCC1CCN(c2ccccc2)C1)NC1CCN(Cc2ccc(F)cc2)CC1. The summed E-state index contributed by atoms with van der Waals surface area (Å²) >= 11 is 0. The van der Waals surface area contributed by atoms with Crippen LogP contribution in [0.3, 0.4) is 0 Å². The first-order valence-corrected chi connectivity index (χ1v) is 11.0. The van der Waals surface area contributed by atoms with Crippen molar-refractivity contribution in [2.24, 2.45) is 5.92 Å². The third kappa shape index (κ3) is 5.72. The van der Waals surface area contributed by atoms with Gasteiger partial charge in [0.15, 0.2) is 0 Å². The molecule has 2 aromatic rings. The maximum Gasteiger partial charge on any atom is 0.315 e. The number of halogens is 1. The predicted molar refractivity (Wildman–Crippen MR) is 118 cm³/mol. The maximum absolute atomic E-state index is 13.0. The Morgan fingerprint density at radius 1 is 0.967 bits per heavy atom. The zero-order valence-corrected chi connectivity index (χ0v) is 17.4. The first-order chi connectivity index (χ1) is 14.7. The minimum atomic E-state index is -0.196. The van der Waals surface area contributed by atoms with Crippen molar-refractivity contribution in [1.29, 1.82) is 0 Å². The van der Waals surface area contributed by atoms with E-state index in [1.54, 1.807) is 0 Å². The summed E-state index contributed by atoms with van der Waals surface area (Å²) < 4.78 is 13.0. The molecule has 5 nitrogen and oxygen atoms in total. The smallest absolute Gasteiger partial charge is 0.315 e. The van der Waals surface area contributed by atoms with Crippen LogP contribution in [0.25, 0.3) is 0 Å². The van der Waals surface area contributed by atoms with Crippen molar-refractivity contribution in [2.75, 3.05) is 37.6 Å². The Hall–Kier alpha value is -2.60. The summed E-state index contributed by atoms with van der Waals surface area (Å²) in [5.74, 6) is 0.298. The van der Waals surface area contributed by atoms with E-state index in [2.05, 4.69) is 44.7 Å². The number of piperidine rings is 1. The highest BCUT2D eigenvalue weighted by atomic mass is 19.1. The Kier molecular flexibility index (Phi) is 6.84. The molecule has 1 atom stereocenters. The van der Waals surface area contributed by atoms with Crippen molar-refractivity contribution in [3.05, 3.63) is 66.0 Å². The van der Waals surface area contributed by atoms with Gasteiger partial charge in [-0.3, -0.25) is 4.90 Å². The number of likely N-dealkylation sites (tertiary alicyclic amines) is 1. The van der Waals surface area contributed by atoms with Gasteiger partial charge in [0.1, 0.15) is 5.82 Å². The monoisotopic (exact) mass is 410 g/mol. The summed E-state index contributed by atoms with van der Waals surface area (Å²) in [6, 6.07) is 17.3. The van der Waals surface area contributed by atoms with Gasteiger partial charge in [0.2, 0.25) is 0 Å². The van der Waals surface area contributed by atoms with Gasteiger partial charge >= 0.3 is 6.03 Å². The van der Waals surface area contributed by atoms with Crippen molar-refractivity contribution >= 4 is 11.7 Å². The molecule has 1 unspecified atom stereocenters. The van der Waals surface area contributed by atoms with Gasteiger partial charge in [0, 0.05) is 51.0 Å². The van der Waals surface area contributed by atoms with E-state index in [-0.39, 0.29) is 17.9 Å². The Labute approximate surface area is 178 Å². The molecule has 4 rings (SSSR count).